The van der Waals surface area contributed by atoms with Crippen LogP contribution in [0.4, 0.5) is 0 Å². The van der Waals surface area contributed by atoms with Crippen molar-refractivity contribution in [2.45, 2.75) is 91.6 Å². The predicted octanol–water partition coefficient (Wildman–Crippen LogP) is 6.40. The molecule has 0 unspecified atom stereocenters. The average molecular weight is 437 g/mol. The van der Waals surface area contributed by atoms with Crippen LogP contribution in [0.3, 0.4) is 0 Å². The molecule has 0 aliphatic rings. The SMILES string of the molecule is CCO[Si](OCC)(OCC)/C(=C/CCO[Si](C)(C)C(C)(C)C)SC(C)(C)C. The summed E-state index contributed by atoms with van der Waals surface area (Å²) in [5, 5.41) is 0.222. The Hall–Kier alpha value is 0.364. The van der Waals surface area contributed by atoms with E-state index in [1.165, 1.54) is 0 Å². The van der Waals surface area contributed by atoms with Crippen LogP contribution in [-0.4, -0.2) is 48.3 Å². The summed E-state index contributed by atoms with van der Waals surface area (Å²) in [6.07, 6.45) is 3.07. The smallest absolute Gasteiger partial charge is 0.417 e. The molecule has 0 rings (SSSR count). The highest BCUT2D eigenvalue weighted by Crippen LogP contribution is 2.39. The van der Waals surface area contributed by atoms with Gasteiger partial charge in [0.05, 0.1) is 4.53 Å². The molecule has 0 fully saturated rings. The van der Waals surface area contributed by atoms with E-state index in [0.717, 1.165) is 17.6 Å². The molecule has 0 aliphatic carbocycles. The molecule has 0 atom stereocenters. The molecule has 162 valence electrons. The molecule has 0 aliphatic heterocycles. The van der Waals surface area contributed by atoms with Crippen LogP contribution in [0.1, 0.15) is 68.7 Å². The van der Waals surface area contributed by atoms with E-state index in [2.05, 4.69) is 60.7 Å². The Bertz CT molecular complexity index is 437. The van der Waals surface area contributed by atoms with Crippen molar-refractivity contribution >= 4 is 28.9 Å². The van der Waals surface area contributed by atoms with Crippen molar-refractivity contribution in [3.63, 3.8) is 0 Å². The highest BCUT2D eigenvalue weighted by atomic mass is 32.2. The fraction of sp³-hybridized carbons (Fsp3) is 0.900. The zero-order valence-electron chi connectivity index (χ0n) is 19.7. The van der Waals surface area contributed by atoms with Gasteiger partial charge in [0.15, 0.2) is 8.32 Å². The fourth-order valence-corrected chi connectivity index (χ4v) is 8.27. The Morgan fingerprint density at radius 1 is 0.815 bits per heavy atom. The molecular formula is C20H44O4SSi2. The Balaban J connectivity index is 5.51. The van der Waals surface area contributed by atoms with Crippen molar-refractivity contribution in [2.24, 2.45) is 0 Å². The average Bonchev–Trinajstić information content (AvgIpc) is 2.48. The van der Waals surface area contributed by atoms with Gasteiger partial charge in [-0.05, 0) is 45.3 Å². The molecule has 0 radical (unpaired) electrons. The fourth-order valence-electron chi connectivity index (χ4n) is 2.19. The van der Waals surface area contributed by atoms with Crippen LogP contribution < -0.4 is 0 Å². The normalized spacial score (nSPS) is 14.7. The van der Waals surface area contributed by atoms with E-state index < -0.39 is 17.1 Å². The lowest BCUT2D eigenvalue weighted by Gasteiger charge is -2.36. The van der Waals surface area contributed by atoms with Gasteiger partial charge >= 0.3 is 8.80 Å². The number of rotatable bonds is 12. The van der Waals surface area contributed by atoms with Gasteiger partial charge in [0, 0.05) is 31.2 Å². The standard InChI is InChI=1S/C20H44O4SSi2/c1-12-21-27(22-13-2,23-14-3)18(25-19(4,5)6)16-15-17-24-26(10,11)20(7,8)9/h16H,12-15,17H2,1-11H3/b18-16+. The van der Waals surface area contributed by atoms with Crippen LogP contribution in [0.2, 0.25) is 18.1 Å². The molecule has 0 aromatic heterocycles. The molecule has 7 heteroatoms. The molecule has 0 aromatic rings. The Kier molecular flexibility index (Phi) is 11.7. The highest BCUT2D eigenvalue weighted by Gasteiger charge is 2.47. The Labute approximate surface area is 175 Å². The first-order chi connectivity index (χ1) is 12.2. The van der Waals surface area contributed by atoms with Gasteiger partial charge in [-0.2, -0.15) is 0 Å². The molecule has 0 saturated heterocycles. The molecule has 0 amide bonds. The van der Waals surface area contributed by atoms with Gasteiger partial charge in [0.25, 0.3) is 0 Å². The van der Waals surface area contributed by atoms with Gasteiger partial charge < -0.3 is 17.7 Å². The quantitative estimate of drug-likeness (QED) is 0.261. The van der Waals surface area contributed by atoms with Gasteiger partial charge in [-0.3, -0.25) is 0 Å². The number of thioether (sulfide) groups is 1. The molecule has 27 heavy (non-hydrogen) atoms. The second-order valence-corrected chi connectivity index (χ2v) is 18.6. The monoisotopic (exact) mass is 436 g/mol. The van der Waals surface area contributed by atoms with Crippen molar-refractivity contribution in [2.75, 3.05) is 26.4 Å². The zero-order chi connectivity index (χ0) is 21.4. The maximum Gasteiger partial charge on any atom is 0.543 e. The summed E-state index contributed by atoms with van der Waals surface area (Å²) in [5.41, 5.74) is 0. The van der Waals surface area contributed by atoms with Gasteiger partial charge in [0.2, 0.25) is 0 Å². The second kappa shape index (κ2) is 11.5. The van der Waals surface area contributed by atoms with E-state index in [4.69, 9.17) is 17.7 Å². The molecule has 0 bridgehead atoms. The van der Waals surface area contributed by atoms with E-state index in [1.54, 1.807) is 11.8 Å². The summed E-state index contributed by atoms with van der Waals surface area (Å²) >= 11 is 1.80. The van der Waals surface area contributed by atoms with Gasteiger partial charge in [-0.1, -0.05) is 47.6 Å². The maximum absolute atomic E-state index is 6.35. The summed E-state index contributed by atoms with van der Waals surface area (Å²) in [6, 6.07) is 0. The van der Waals surface area contributed by atoms with Crippen molar-refractivity contribution in [3.05, 3.63) is 10.6 Å². The minimum absolute atomic E-state index is 0.0513. The summed E-state index contributed by atoms with van der Waals surface area (Å²) in [6.45, 7) is 26.5. The van der Waals surface area contributed by atoms with E-state index in [0.29, 0.717) is 19.8 Å². The second-order valence-electron chi connectivity index (χ2n) is 9.04. The van der Waals surface area contributed by atoms with Crippen LogP contribution in [0.15, 0.2) is 10.6 Å². The van der Waals surface area contributed by atoms with Crippen molar-refractivity contribution < 1.29 is 17.7 Å². The van der Waals surface area contributed by atoms with Crippen LogP contribution in [0.25, 0.3) is 0 Å². The summed E-state index contributed by atoms with van der Waals surface area (Å²) in [4.78, 5) is 0. The summed E-state index contributed by atoms with van der Waals surface area (Å²) < 4.78 is 25.9. The molecule has 0 spiro atoms. The molecule has 0 aromatic carbocycles. The lowest BCUT2D eigenvalue weighted by atomic mass is 10.2. The molecule has 0 heterocycles. The summed E-state index contributed by atoms with van der Waals surface area (Å²) in [5.74, 6) is 0. The van der Waals surface area contributed by atoms with Gasteiger partial charge in [0.1, 0.15) is 0 Å². The third-order valence-corrected chi connectivity index (χ3v) is 13.8. The largest absolute Gasteiger partial charge is 0.543 e. The Morgan fingerprint density at radius 3 is 1.59 bits per heavy atom. The predicted molar refractivity (Wildman–Crippen MR) is 124 cm³/mol. The van der Waals surface area contributed by atoms with Crippen molar-refractivity contribution in [1.82, 2.24) is 0 Å². The minimum Gasteiger partial charge on any atom is -0.417 e. The first-order valence-corrected chi connectivity index (χ1v) is 15.6. The number of hydrogen-bond donors (Lipinski definition) is 0. The maximum atomic E-state index is 6.35. The first-order valence-electron chi connectivity index (χ1n) is 10.2. The van der Waals surface area contributed by atoms with E-state index >= 15 is 0 Å². The first kappa shape index (κ1) is 27.4. The van der Waals surface area contributed by atoms with Crippen LogP contribution in [0.5, 0.6) is 0 Å². The molecule has 0 N–H and O–H groups in total. The van der Waals surface area contributed by atoms with Gasteiger partial charge in [-0.25, -0.2) is 0 Å². The van der Waals surface area contributed by atoms with Crippen LogP contribution in [-0.2, 0) is 17.7 Å². The molecule has 4 nitrogen and oxygen atoms in total. The lowest BCUT2D eigenvalue weighted by molar-refractivity contribution is 0.0830. The van der Waals surface area contributed by atoms with Crippen molar-refractivity contribution in [1.29, 1.82) is 0 Å². The summed E-state index contributed by atoms with van der Waals surface area (Å²) in [7, 11) is -4.62. The topological polar surface area (TPSA) is 36.9 Å². The third-order valence-electron chi connectivity index (χ3n) is 4.44. The van der Waals surface area contributed by atoms with E-state index in [9.17, 15) is 0 Å². The third kappa shape index (κ3) is 9.61. The number of hydrogen-bond acceptors (Lipinski definition) is 5. The minimum atomic E-state index is -2.89. The molecular weight excluding hydrogens is 392 g/mol. The lowest BCUT2D eigenvalue weighted by Crippen LogP contribution is -2.48. The zero-order valence-corrected chi connectivity index (χ0v) is 22.5. The van der Waals surface area contributed by atoms with Gasteiger partial charge in [-0.15, -0.1) is 11.8 Å². The van der Waals surface area contributed by atoms with Crippen LogP contribution in [0, 0.1) is 0 Å². The van der Waals surface area contributed by atoms with E-state index in [-0.39, 0.29) is 9.79 Å². The van der Waals surface area contributed by atoms with Crippen molar-refractivity contribution in [3.8, 4) is 0 Å². The molecule has 0 saturated carbocycles. The highest BCUT2D eigenvalue weighted by molar-refractivity contribution is 8.06. The van der Waals surface area contributed by atoms with Crippen LogP contribution >= 0.6 is 11.8 Å². The van der Waals surface area contributed by atoms with E-state index in [1.807, 2.05) is 20.8 Å². The Morgan fingerprint density at radius 2 is 1.26 bits per heavy atom.